The summed E-state index contributed by atoms with van der Waals surface area (Å²) in [6.45, 7) is 6.14. The molecule has 8 heavy (non-hydrogen) atoms. The average molecular weight is 113 g/mol. The fourth-order valence-corrected chi connectivity index (χ4v) is 0.200. The molecule has 0 aliphatic heterocycles. The first kappa shape index (κ1) is 7.14. The Morgan fingerprint density at radius 2 is 2.38 bits per heavy atom. The van der Waals surface area contributed by atoms with E-state index in [-0.39, 0.29) is 0 Å². The molecule has 0 saturated heterocycles. The van der Waals surface area contributed by atoms with Gasteiger partial charge in [0.2, 0.25) is 0 Å². The van der Waals surface area contributed by atoms with Crippen molar-refractivity contribution in [2.75, 3.05) is 13.6 Å². The van der Waals surface area contributed by atoms with Crippen molar-refractivity contribution in [2.45, 2.75) is 6.92 Å². The van der Waals surface area contributed by atoms with Gasteiger partial charge in [-0.15, -0.1) is 0 Å². The Hall–Kier alpha value is -0.860. The quantitative estimate of drug-likeness (QED) is 0.402. The molecule has 0 aromatic rings. The van der Waals surface area contributed by atoms with E-state index in [0.717, 1.165) is 6.54 Å². The first-order valence-electron chi connectivity index (χ1n) is 2.54. The zero-order valence-corrected chi connectivity index (χ0v) is 5.33. The highest BCUT2D eigenvalue weighted by Gasteiger charge is 1.76. The van der Waals surface area contributed by atoms with Gasteiger partial charge in [0.25, 0.3) is 0 Å². The molecule has 0 radical (unpaired) electrons. The second-order valence-corrected chi connectivity index (χ2v) is 1.30. The van der Waals surface area contributed by atoms with E-state index < -0.39 is 0 Å². The predicted molar refractivity (Wildman–Crippen MR) is 33.4 cm³/mol. The second kappa shape index (κ2) is 4.30. The highest BCUT2D eigenvalue weighted by atomic mass is 15.5. The summed E-state index contributed by atoms with van der Waals surface area (Å²) in [6, 6.07) is 0. The van der Waals surface area contributed by atoms with E-state index in [2.05, 4.69) is 16.9 Å². The third kappa shape index (κ3) is 3.33. The van der Waals surface area contributed by atoms with Crippen LogP contribution in [0, 0.1) is 0 Å². The first-order chi connectivity index (χ1) is 3.81. The fourth-order valence-electron chi connectivity index (χ4n) is 0.200. The minimum absolute atomic E-state index is 0.720. The SMILES string of the molecule is C=CN(C)N=NCC. The molecule has 3 nitrogen and oxygen atoms in total. The molecule has 0 fully saturated rings. The Balaban J connectivity index is 3.35. The molecule has 0 aromatic heterocycles. The Bertz CT molecular complexity index is 87.7. The number of rotatable bonds is 3. The fraction of sp³-hybridized carbons (Fsp3) is 0.600. The van der Waals surface area contributed by atoms with Crippen LogP contribution in [0.1, 0.15) is 6.92 Å². The Labute approximate surface area is 49.7 Å². The molecule has 0 bridgehead atoms. The van der Waals surface area contributed by atoms with Gasteiger partial charge in [0.05, 0.1) is 6.54 Å². The van der Waals surface area contributed by atoms with Gasteiger partial charge in [0, 0.05) is 13.2 Å². The lowest BCUT2D eigenvalue weighted by Gasteiger charge is -1.99. The average Bonchev–Trinajstić information content (AvgIpc) is 1.83. The molecule has 46 valence electrons. The highest BCUT2D eigenvalue weighted by molar-refractivity contribution is 4.59. The molecule has 0 N–H and O–H groups in total. The first-order valence-corrected chi connectivity index (χ1v) is 2.54. The van der Waals surface area contributed by atoms with Crippen molar-refractivity contribution < 1.29 is 0 Å². The molecule has 0 aliphatic rings. The molecule has 0 unspecified atom stereocenters. The standard InChI is InChI=1S/C5H11N3/c1-4-6-7-8(3)5-2/h5H,2,4H2,1,3H3. The Kier molecular flexibility index (Phi) is 3.84. The lowest BCUT2D eigenvalue weighted by Crippen LogP contribution is -1.97. The number of nitrogens with zero attached hydrogens (tertiary/aromatic N) is 3. The lowest BCUT2D eigenvalue weighted by molar-refractivity contribution is 0.448. The van der Waals surface area contributed by atoms with Crippen LogP contribution >= 0.6 is 0 Å². The number of hydrogen-bond acceptors (Lipinski definition) is 2. The number of hydrogen-bond donors (Lipinski definition) is 0. The van der Waals surface area contributed by atoms with Crippen molar-refractivity contribution >= 4 is 0 Å². The Morgan fingerprint density at radius 1 is 1.75 bits per heavy atom. The molecule has 0 rings (SSSR count). The summed E-state index contributed by atoms with van der Waals surface area (Å²) in [6.07, 6.45) is 1.60. The largest absolute Gasteiger partial charge is 0.258 e. The minimum Gasteiger partial charge on any atom is -0.258 e. The van der Waals surface area contributed by atoms with Crippen LogP contribution in [0.2, 0.25) is 0 Å². The van der Waals surface area contributed by atoms with Gasteiger partial charge in [0.1, 0.15) is 0 Å². The summed E-state index contributed by atoms with van der Waals surface area (Å²) in [4.78, 5) is 0. The van der Waals surface area contributed by atoms with Crippen molar-refractivity contribution in [1.29, 1.82) is 0 Å². The van der Waals surface area contributed by atoms with Gasteiger partial charge in [-0.1, -0.05) is 11.8 Å². The van der Waals surface area contributed by atoms with Crippen molar-refractivity contribution in [3.05, 3.63) is 12.8 Å². The van der Waals surface area contributed by atoms with Crippen LogP contribution in [0.3, 0.4) is 0 Å². The lowest BCUT2D eigenvalue weighted by atomic mass is 10.8. The normalized spacial score (nSPS) is 9.75. The molecule has 0 atom stereocenters. The van der Waals surface area contributed by atoms with Gasteiger partial charge in [0.15, 0.2) is 0 Å². The van der Waals surface area contributed by atoms with Crippen LogP contribution in [0.5, 0.6) is 0 Å². The summed E-state index contributed by atoms with van der Waals surface area (Å²) >= 11 is 0. The van der Waals surface area contributed by atoms with Gasteiger partial charge < -0.3 is 0 Å². The smallest absolute Gasteiger partial charge is 0.0592 e. The van der Waals surface area contributed by atoms with E-state index in [1.807, 2.05) is 6.92 Å². The van der Waals surface area contributed by atoms with E-state index in [4.69, 9.17) is 0 Å². The van der Waals surface area contributed by atoms with E-state index in [1.54, 1.807) is 18.3 Å². The summed E-state index contributed by atoms with van der Waals surface area (Å²) in [5.74, 6) is 0. The monoisotopic (exact) mass is 113 g/mol. The second-order valence-electron chi connectivity index (χ2n) is 1.30. The molecule has 0 aliphatic carbocycles. The summed E-state index contributed by atoms with van der Waals surface area (Å²) in [5.41, 5.74) is 0. The van der Waals surface area contributed by atoms with Crippen LogP contribution in [0.4, 0.5) is 0 Å². The maximum Gasteiger partial charge on any atom is 0.0592 e. The van der Waals surface area contributed by atoms with Crippen LogP contribution in [-0.2, 0) is 0 Å². The molecule has 0 aromatic carbocycles. The van der Waals surface area contributed by atoms with Gasteiger partial charge in [-0.05, 0) is 6.92 Å². The van der Waals surface area contributed by atoms with Crippen molar-refractivity contribution in [2.24, 2.45) is 10.3 Å². The maximum atomic E-state index is 3.72. The van der Waals surface area contributed by atoms with Crippen molar-refractivity contribution in [1.82, 2.24) is 5.01 Å². The van der Waals surface area contributed by atoms with Crippen molar-refractivity contribution in [3.8, 4) is 0 Å². The zero-order chi connectivity index (χ0) is 6.41. The Morgan fingerprint density at radius 3 is 2.75 bits per heavy atom. The molecule has 0 amide bonds. The molecule has 0 heterocycles. The summed E-state index contributed by atoms with van der Waals surface area (Å²) < 4.78 is 0. The van der Waals surface area contributed by atoms with Gasteiger partial charge in [-0.2, -0.15) is 5.11 Å². The molecular weight excluding hydrogens is 102 g/mol. The van der Waals surface area contributed by atoms with E-state index in [0.29, 0.717) is 0 Å². The summed E-state index contributed by atoms with van der Waals surface area (Å²) in [7, 11) is 1.78. The van der Waals surface area contributed by atoms with Crippen LogP contribution in [0.25, 0.3) is 0 Å². The van der Waals surface area contributed by atoms with E-state index in [1.165, 1.54) is 0 Å². The topological polar surface area (TPSA) is 28.0 Å². The zero-order valence-electron chi connectivity index (χ0n) is 5.33. The molecular formula is C5H11N3. The van der Waals surface area contributed by atoms with Gasteiger partial charge in [-0.3, -0.25) is 5.01 Å². The van der Waals surface area contributed by atoms with Crippen molar-refractivity contribution in [3.63, 3.8) is 0 Å². The summed E-state index contributed by atoms with van der Waals surface area (Å²) in [5, 5.41) is 8.98. The maximum absolute atomic E-state index is 3.72. The van der Waals surface area contributed by atoms with E-state index >= 15 is 0 Å². The third-order valence-electron chi connectivity index (χ3n) is 0.610. The highest BCUT2D eigenvalue weighted by Crippen LogP contribution is 1.82. The molecule has 0 spiro atoms. The van der Waals surface area contributed by atoms with Gasteiger partial charge in [-0.25, -0.2) is 0 Å². The molecule has 0 saturated carbocycles. The third-order valence-corrected chi connectivity index (χ3v) is 0.610. The molecule has 3 heteroatoms. The predicted octanol–water partition coefficient (Wildman–Crippen LogP) is 1.45. The van der Waals surface area contributed by atoms with Crippen LogP contribution in [0.15, 0.2) is 23.1 Å². The van der Waals surface area contributed by atoms with Gasteiger partial charge >= 0.3 is 0 Å². The van der Waals surface area contributed by atoms with Crippen LogP contribution < -0.4 is 0 Å². The minimum atomic E-state index is 0.720. The van der Waals surface area contributed by atoms with Crippen LogP contribution in [-0.4, -0.2) is 18.6 Å². The van der Waals surface area contributed by atoms with E-state index in [9.17, 15) is 0 Å².